The highest BCUT2D eigenvalue weighted by Crippen LogP contribution is 2.25. The van der Waals surface area contributed by atoms with Crippen LogP contribution in [0.15, 0.2) is 12.1 Å². The number of hydrogen-bond donors (Lipinski definition) is 2. The molecule has 0 aliphatic carbocycles. The summed E-state index contributed by atoms with van der Waals surface area (Å²) in [7, 11) is 0. The van der Waals surface area contributed by atoms with Gasteiger partial charge in [-0.3, -0.25) is 4.79 Å². The van der Waals surface area contributed by atoms with Gasteiger partial charge < -0.3 is 15.2 Å². The molecule has 1 saturated heterocycles. The first-order valence-corrected chi connectivity index (χ1v) is 6.07. The van der Waals surface area contributed by atoms with E-state index in [0.29, 0.717) is 11.7 Å². The Kier molecular flexibility index (Phi) is 4.09. The maximum Gasteiger partial charge on any atom is 0.325 e. The van der Waals surface area contributed by atoms with Crippen molar-refractivity contribution in [3.8, 4) is 0 Å². The Balaban J connectivity index is 1.98. The number of nitrogens with one attached hydrogen (secondary N) is 1. The van der Waals surface area contributed by atoms with E-state index in [0.717, 1.165) is 31.7 Å². The summed E-state index contributed by atoms with van der Waals surface area (Å²) in [5.74, 6) is -0.0248. The Morgan fingerprint density at radius 1 is 1.44 bits per heavy atom. The van der Waals surface area contributed by atoms with Crippen molar-refractivity contribution in [2.45, 2.75) is 31.7 Å². The summed E-state index contributed by atoms with van der Waals surface area (Å²) >= 11 is 0. The van der Waals surface area contributed by atoms with E-state index in [1.165, 1.54) is 0 Å². The number of nitrogens with zero attached hydrogens (tertiary/aromatic N) is 2. The van der Waals surface area contributed by atoms with Crippen LogP contribution in [-0.2, 0) is 9.53 Å². The number of carboxylic acids is 1. The van der Waals surface area contributed by atoms with E-state index in [-0.39, 0.29) is 0 Å². The van der Waals surface area contributed by atoms with Gasteiger partial charge in [-0.15, -0.1) is 5.10 Å². The normalized spacial score (nSPS) is 18.3. The van der Waals surface area contributed by atoms with Crippen molar-refractivity contribution >= 4 is 11.8 Å². The molecule has 2 rings (SSSR count). The van der Waals surface area contributed by atoms with Gasteiger partial charge in [0.25, 0.3) is 0 Å². The zero-order valence-electron chi connectivity index (χ0n) is 10.3. The number of ether oxygens (including phenoxy) is 1. The zero-order chi connectivity index (χ0) is 13.0. The fourth-order valence-corrected chi connectivity index (χ4v) is 1.91. The van der Waals surface area contributed by atoms with Crippen molar-refractivity contribution in [1.29, 1.82) is 0 Å². The molecular formula is C12H17N3O3. The molecule has 0 radical (unpaired) electrons. The van der Waals surface area contributed by atoms with E-state index in [1.807, 2.05) is 6.07 Å². The fraction of sp³-hybridized carbons (Fsp3) is 0.583. The van der Waals surface area contributed by atoms with Crippen LogP contribution in [0.2, 0.25) is 0 Å². The number of carboxylic acid groups (broad SMARTS) is 1. The van der Waals surface area contributed by atoms with Gasteiger partial charge in [0, 0.05) is 19.1 Å². The van der Waals surface area contributed by atoms with Gasteiger partial charge in [-0.05, 0) is 31.9 Å². The van der Waals surface area contributed by atoms with Crippen LogP contribution in [0.5, 0.6) is 0 Å². The van der Waals surface area contributed by atoms with E-state index >= 15 is 0 Å². The molecule has 18 heavy (non-hydrogen) atoms. The van der Waals surface area contributed by atoms with E-state index in [9.17, 15) is 4.79 Å². The predicted octanol–water partition coefficient (Wildman–Crippen LogP) is 1.26. The second kappa shape index (κ2) is 5.77. The second-order valence-electron chi connectivity index (χ2n) is 4.43. The maximum absolute atomic E-state index is 10.7. The lowest BCUT2D eigenvalue weighted by Crippen LogP contribution is -2.26. The smallest absolute Gasteiger partial charge is 0.325 e. The minimum atomic E-state index is -0.912. The summed E-state index contributed by atoms with van der Waals surface area (Å²) in [5, 5.41) is 19.7. The minimum absolute atomic E-state index is 0.400. The number of aromatic nitrogens is 2. The van der Waals surface area contributed by atoms with Crippen LogP contribution in [0, 0.1) is 0 Å². The van der Waals surface area contributed by atoms with Gasteiger partial charge in [0.05, 0.1) is 5.69 Å². The van der Waals surface area contributed by atoms with Crippen molar-refractivity contribution in [3.63, 3.8) is 0 Å². The van der Waals surface area contributed by atoms with Gasteiger partial charge in [0.2, 0.25) is 0 Å². The standard InChI is InChI=1S/C12H17N3O3/c1-8(12(16)17)13-11-3-2-10(14-15-11)9-4-6-18-7-5-9/h2-3,8-9H,4-7H2,1H3,(H,13,15)(H,16,17). The molecule has 1 aliphatic rings. The topological polar surface area (TPSA) is 84.3 Å². The third-order valence-electron chi connectivity index (χ3n) is 3.06. The van der Waals surface area contributed by atoms with Gasteiger partial charge in [0.15, 0.2) is 0 Å². The quantitative estimate of drug-likeness (QED) is 0.838. The van der Waals surface area contributed by atoms with Crippen molar-refractivity contribution in [2.75, 3.05) is 18.5 Å². The first kappa shape index (κ1) is 12.8. The molecule has 1 aliphatic heterocycles. The predicted molar refractivity (Wildman–Crippen MR) is 65.5 cm³/mol. The van der Waals surface area contributed by atoms with Crippen LogP contribution in [0.1, 0.15) is 31.4 Å². The van der Waals surface area contributed by atoms with Crippen LogP contribution in [-0.4, -0.2) is 40.5 Å². The highest BCUT2D eigenvalue weighted by atomic mass is 16.5. The second-order valence-corrected chi connectivity index (χ2v) is 4.43. The number of hydrogen-bond acceptors (Lipinski definition) is 5. The Morgan fingerprint density at radius 2 is 2.17 bits per heavy atom. The molecule has 0 saturated carbocycles. The van der Waals surface area contributed by atoms with Crippen LogP contribution in [0.4, 0.5) is 5.82 Å². The van der Waals surface area contributed by atoms with Crippen LogP contribution in [0.3, 0.4) is 0 Å². The van der Waals surface area contributed by atoms with Gasteiger partial charge >= 0.3 is 5.97 Å². The molecule has 6 heteroatoms. The Hall–Kier alpha value is -1.69. The van der Waals surface area contributed by atoms with Crippen LogP contribution >= 0.6 is 0 Å². The molecule has 0 bridgehead atoms. The van der Waals surface area contributed by atoms with Gasteiger partial charge in [0.1, 0.15) is 11.9 Å². The summed E-state index contributed by atoms with van der Waals surface area (Å²) < 4.78 is 5.30. The van der Waals surface area contributed by atoms with Crippen molar-refractivity contribution < 1.29 is 14.6 Å². The third kappa shape index (κ3) is 3.16. The molecule has 1 unspecified atom stereocenters. The SMILES string of the molecule is CC(Nc1ccc(C2CCOCC2)nn1)C(=O)O. The van der Waals surface area contributed by atoms with Crippen LogP contribution in [0.25, 0.3) is 0 Å². The molecule has 2 N–H and O–H groups in total. The molecule has 1 fully saturated rings. The van der Waals surface area contributed by atoms with E-state index in [4.69, 9.17) is 9.84 Å². The summed E-state index contributed by atoms with van der Waals surface area (Å²) in [6.45, 7) is 3.10. The van der Waals surface area contributed by atoms with Gasteiger partial charge in [-0.1, -0.05) is 0 Å². The molecule has 2 heterocycles. The molecule has 98 valence electrons. The molecular weight excluding hydrogens is 234 g/mol. The van der Waals surface area contributed by atoms with Crippen molar-refractivity contribution in [1.82, 2.24) is 10.2 Å². The fourth-order valence-electron chi connectivity index (χ4n) is 1.91. The number of carbonyl (C=O) groups is 1. The number of anilines is 1. The summed E-state index contributed by atoms with van der Waals surface area (Å²) in [6, 6.07) is 3.00. The molecule has 0 amide bonds. The van der Waals surface area contributed by atoms with E-state index < -0.39 is 12.0 Å². The molecule has 1 aromatic heterocycles. The van der Waals surface area contributed by atoms with E-state index in [2.05, 4.69) is 15.5 Å². The highest BCUT2D eigenvalue weighted by molar-refractivity contribution is 5.76. The van der Waals surface area contributed by atoms with Gasteiger partial charge in [-0.2, -0.15) is 5.10 Å². The molecule has 1 atom stereocenters. The molecule has 6 nitrogen and oxygen atoms in total. The Morgan fingerprint density at radius 3 is 2.72 bits per heavy atom. The maximum atomic E-state index is 10.7. The molecule has 1 aromatic rings. The average Bonchev–Trinajstić information content (AvgIpc) is 2.40. The van der Waals surface area contributed by atoms with Gasteiger partial charge in [-0.25, -0.2) is 0 Å². The molecule has 0 spiro atoms. The van der Waals surface area contributed by atoms with Crippen molar-refractivity contribution in [2.24, 2.45) is 0 Å². The van der Waals surface area contributed by atoms with E-state index in [1.54, 1.807) is 13.0 Å². The summed E-state index contributed by atoms with van der Waals surface area (Å²) in [5.41, 5.74) is 0.951. The lowest BCUT2D eigenvalue weighted by Gasteiger charge is -2.21. The summed E-state index contributed by atoms with van der Waals surface area (Å²) in [6.07, 6.45) is 1.93. The van der Waals surface area contributed by atoms with Crippen molar-refractivity contribution in [3.05, 3.63) is 17.8 Å². The summed E-state index contributed by atoms with van der Waals surface area (Å²) in [4.78, 5) is 10.7. The monoisotopic (exact) mass is 251 g/mol. The lowest BCUT2D eigenvalue weighted by molar-refractivity contribution is -0.137. The lowest BCUT2D eigenvalue weighted by atomic mass is 9.96. The number of rotatable bonds is 4. The average molecular weight is 251 g/mol. The highest BCUT2D eigenvalue weighted by Gasteiger charge is 2.18. The zero-order valence-corrected chi connectivity index (χ0v) is 10.3. The minimum Gasteiger partial charge on any atom is -0.480 e. The third-order valence-corrected chi connectivity index (χ3v) is 3.06. The Labute approximate surface area is 105 Å². The Bertz CT molecular complexity index is 402. The largest absolute Gasteiger partial charge is 0.480 e. The number of aliphatic carboxylic acids is 1. The van der Waals surface area contributed by atoms with Crippen LogP contribution < -0.4 is 5.32 Å². The first-order valence-electron chi connectivity index (χ1n) is 6.07. The first-order chi connectivity index (χ1) is 8.66. The molecule has 0 aromatic carbocycles.